The molecule has 2 aromatic carbocycles. The SMILES string of the molecule is CS(=O)(=O)Cc1cccc(C(=O)NCCCCOc2ccc(F)cc2)c1. The molecule has 0 saturated carbocycles. The Balaban J connectivity index is 1.70. The van der Waals surface area contributed by atoms with Crippen LogP contribution in [-0.4, -0.2) is 33.7 Å². The highest BCUT2D eigenvalue weighted by Crippen LogP contribution is 2.11. The number of sulfone groups is 1. The number of nitrogens with one attached hydrogen (secondary N) is 1. The highest BCUT2D eigenvalue weighted by molar-refractivity contribution is 7.89. The van der Waals surface area contributed by atoms with Gasteiger partial charge in [-0.15, -0.1) is 0 Å². The zero-order valence-corrected chi connectivity index (χ0v) is 15.4. The van der Waals surface area contributed by atoms with Crippen LogP contribution in [0.5, 0.6) is 5.75 Å². The number of unbranched alkanes of at least 4 members (excludes halogenated alkanes) is 1. The zero-order valence-electron chi connectivity index (χ0n) is 14.6. The van der Waals surface area contributed by atoms with Crippen LogP contribution in [0.1, 0.15) is 28.8 Å². The van der Waals surface area contributed by atoms with Gasteiger partial charge in [-0.2, -0.15) is 0 Å². The van der Waals surface area contributed by atoms with Gasteiger partial charge in [-0.05, 0) is 54.8 Å². The second-order valence-electron chi connectivity index (χ2n) is 6.04. The fourth-order valence-electron chi connectivity index (χ4n) is 2.36. The van der Waals surface area contributed by atoms with Gasteiger partial charge >= 0.3 is 0 Å². The van der Waals surface area contributed by atoms with Crippen molar-refractivity contribution in [2.45, 2.75) is 18.6 Å². The number of carbonyl (C=O) groups excluding carboxylic acids is 1. The van der Waals surface area contributed by atoms with Gasteiger partial charge in [-0.25, -0.2) is 12.8 Å². The van der Waals surface area contributed by atoms with Crippen molar-refractivity contribution in [1.82, 2.24) is 5.32 Å². The number of halogens is 1. The minimum absolute atomic E-state index is 0.0884. The number of amides is 1. The van der Waals surface area contributed by atoms with E-state index in [0.717, 1.165) is 19.1 Å². The third-order valence-electron chi connectivity index (χ3n) is 3.56. The second-order valence-corrected chi connectivity index (χ2v) is 8.18. The Labute approximate surface area is 153 Å². The topological polar surface area (TPSA) is 72.5 Å². The van der Waals surface area contributed by atoms with Gasteiger partial charge in [0.2, 0.25) is 0 Å². The molecule has 0 fully saturated rings. The van der Waals surface area contributed by atoms with Crippen LogP contribution in [0.2, 0.25) is 0 Å². The maximum Gasteiger partial charge on any atom is 0.251 e. The predicted molar refractivity (Wildman–Crippen MR) is 98.5 cm³/mol. The summed E-state index contributed by atoms with van der Waals surface area (Å²) < 4.78 is 40.9. The van der Waals surface area contributed by atoms with E-state index >= 15 is 0 Å². The monoisotopic (exact) mass is 379 g/mol. The Morgan fingerprint density at radius 3 is 2.54 bits per heavy atom. The van der Waals surface area contributed by atoms with E-state index in [4.69, 9.17) is 4.74 Å². The number of carbonyl (C=O) groups is 1. The van der Waals surface area contributed by atoms with Crippen LogP contribution in [0.3, 0.4) is 0 Å². The molecule has 0 atom stereocenters. The molecular weight excluding hydrogens is 357 g/mol. The van der Waals surface area contributed by atoms with Crippen LogP contribution in [0.25, 0.3) is 0 Å². The number of benzene rings is 2. The molecule has 0 aliphatic carbocycles. The molecule has 0 aromatic heterocycles. The van der Waals surface area contributed by atoms with Crippen LogP contribution in [0, 0.1) is 5.82 Å². The van der Waals surface area contributed by atoms with Gasteiger partial charge in [0.15, 0.2) is 9.84 Å². The minimum atomic E-state index is -3.14. The first-order valence-corrected chi connectivity index (χ1v) is 10.3. The minimum Gasteiger partial charge on any atom is -0.494 e. The van der Waals surface area contributed by atoms with Crippen molar-refractivity contribution in [3.8, 4) is 5.75 Å². The van der Waals surface area contributed by atoms with E-state index in [9.17, 15) is 17.6 Å². The second kappa shape index (κ2) is 9.33. The van der Waals surface area contributed by atoms with Crippen molar-refractivity contribution < 1.29 is 22.3 Å². The molecule has 0 radical (unpaired) electrons. The molecule has 0 aliphatic rings. The summed E-state index contributed by atoms with van der Waals surface area (Å²) in [5, 5.41) is 2.80. The fraction of sp³-hybridized carbons (Fsp3) is 0.316. The standard InChI is InChI=1S/C19H22FNO4S/c1-26(23,24)14-15-5-4-6-16(13-15)19(22)21-11-2-3-12-25-18-9-7-17(20)8-10-18/h4-10,13H,2-3,11-12,14H2,1H3,(H,21,22). The first-order valence-electron chi connectivity index (χ1n) is 8.27. The first kappa shape index (κ1) is 19.9. The van der Waals surface area contributed by atoms with Crippen LogP contribution >= 0.6 is 0 Å². The van der Waals surface area contributed by atoms with Crippen molar-refractivity contribution >= 4 is 15.7 Å². The van der Waals surface area contributed by atoms with Gasteiger partial charge in [0.1, 0.15) is 11.6 Å². The third kappa shape index (κ3) is 7.23. The third-order valence-corrected chi connectivity index (χ3v) is 4.41. The Kier molecular flexibility index (Phi) is 7.15. The molecule has 26 heavy (non-hydrogen) atoms. The average Bonchev–Trinajstić information content (AvgIpc) is 2.58. The molecule has 0 saturated heterocycles. The molecule has 2 rings (SSSR count). The van der Waals surface area contributed by atoms with Crippen LogP contribution in [-0.2, 0) is 15.6 Å². The summed E-state index contributed by atoms with van der Waals surface area (Å²) >= 11 is 0. The predicted octanol–water partition coefficient (Wildman–Crippen LogP) is 2.96. The number of hydrogen-bond acceptors (Lipinski definition) is 4. The van der Waals surface area contributed by atoms with Gasteiger partial charge < -0.3 is 10.1 Å². The lowest BCUT2D eigenvalue weighted by molar-refractivity contribution is 0.0952. The molecule has 0 unspecified atom stereocenters. The number of hydrogen-bond donors (Lipinski definition) is 1. The summed E-state index contributed by atoms with van der Waals surface area (Å²) in [4.78, 5) is 12.1. The highest BCUT2D eigenvalue weighted by atomic mass is 32.2. The molecule has 0 heterocycles. The van der Waals surface area contributed by atoms with E-state index < -0.39 is 9.84 Å². The lowest BCUT2D eigenvalue weighted by atomic mass is 10.1. The van der Waals surface area contributed by atoms with E-state index in [1.54, 1.807) is 36.4 Å². The molecule has 5 nitrogen and oxygen atoms in total. The maximum atomic E-state index is 12.8. The molecular formula is C19H22FNO4S. The van der Waals surface area contributed by atoms with E-state index in [2.05, 4.69) is 5.32 Å². The van der Waals surface area contributed by atoms with Gasteiger partial charge in [0.05, 0.1) is 12.4 Å². The first-order chi connectivity index (χ1) is 12.3. The van der Waals surface area contributed by atoms with Gasteiger partial charge in [0.25, 0.3) is 5.91 Å². The number of ether oxygens (including phenoxy) is 1. The van der Waals surface area contributed by atoms with Crippen LogP contribution in [0.15, 0.2) is 48.5 Å². The van der Waals surface area contributed by atoms with Gasteiger partial charge in [0, 0.05) is 18.4 Å². The van der Waals surface area contributed by atoms with Crippen molar-refractivity contribution in [1.29, 1.82) is 0 Å². The molecule has 7 heteroatoms. The molecule has 140 valence electrons. The summed E-state index contributed by atoms with van der Waals surface area (Å²) in [5.74, 6) is -0.0203. The highest BCUT2D eigenvalue weighted by Gasteiger charge is 2.09. The largest absolute Gasteiger partial charge is 0.494 e. The van der Waals surface area contributed by atoms with E-state index in [1.807, 2.05) is 0 Å². The Bertz CT molecular complexity index is 835. The summed E-state index contributed by atoms with van der Waals surface area (Å²) in [6.45, 7) is 0.966. The summed E-state index contributed by atoms with van der Waals surface area (Å²) in [5.41, 5.74) is 1.03. The Morgan fingerprint density at radius 2 is 1.85 bits per heavy atom. The lowest BCUT2D eigenvalue weighted by Gasteiger charge is -2.08. The van der Waals surface area contributed by atoms with Crippen molar-refractivity contribution in [3.63, 3.8) is 0 Å². The van der Waals surface area contributed by atoms with E-state index in [0.29, 0.717) is 30.0 Å². The molecule has 2 aromatic rings. The van der Waals surface area contributed by atoms with Crippen molar-refractivity contribution in [3.05, 3.63) is 65.5 Å². The smallest absolute Gasteiger partial charge is 0.251 e. The van der Waals surface area contributed by atoms with E-state index in [1.165, 1.54) is 12.1 Å². The average molecular weight is 379 g/mol. The van der Waals surface area contributed by atoms with Gasteiger partial charge in [-0.3, -0.25) is 4.79 Å². The molecule has 1 amide bonds. The lowest BCUT2D eigenvalue weighted by Crippen LogP contribution is -2.24. The maximum absolute atomic E-state index is 12.8. The Hall–Kier alpha value is -2.41. The molecule has 0 aliphatic heterocycles. The summed E-state index contributed by atoms with van der Waals surface area (Å²) in [6.07, 6.45) is 2.63. The summed E-state index contributed by atoms with van der Waals surface area (Å²) in [7, 11) is -3.14. The molecule has 1 N–H and O–H groups in total. The summed E-state index contributed by atoms with van der Waals surface area (Å²) in [6, 6.07) is 12.4. The fourth-order valence-corrected chi connectivity index (χ4v) is 3.14. The van der Waals surface area contributed by atoms with Crippen LogP contribution in [0.4, 0.5) is 4.39 Å². The quantitative estimate of drug-likeness (QED) is 0.680. The Morgan fingerprint density at radius 1 is 1.12 bits per heavy atom. The number of rotatable bonds is 9. The van der Waals surface area contributed by atoms with Crippen molar-refractivity contribution in [2.75, 3.05) is 19.4 Å². The van der Waals surface area contributed by atoms with E-state index in [-0.39, 0.29) is 17.5 Å². The zero-order chi connectivity index (χ0) is 19.0. The molecule has 0 bridgehead atoms. The molecule has 0 spiro atoms. The van der Waals surface area contributed by atoms with Crippen LogP contribution < -0.4 is 10.1 Å². The van der Waals surface area contributed by atoms with Crippen molar-refractivity contribution in [2.24, 2.45) is 0 Å². The van der Waals surface area contributed by atoms with Gasteiger partial charge in [-0.1, -0.05) is 12.1 Å². The normalized spacial score (nSPS) is 11.2.